The fourth-order valence-electron chi connectivity index (χ4n) is 3.37. The Morgan fingerprint density at radius 3 is 2.66 bits per heavy atom. The smallest absolute Gasteiger partial charge is 0.256 e. The lowest BCUT2D eigenvalue weighted by atomic mass is 10.0. The van der Waals surface area contributed by atoms with Crippen LogP contribution >= 0.6 is 23.2 Å². The van der Waals surface area contributed by atoms with Crippen molar-refractivity contribution in [1.82, 2.24) is 4.98 Å². The van der Waals surface area contributed by atoms with Gasteiger partial charge in [-0.1, -0.05) is 66.9 Å². The minimum Gasteiger partial charge on any atom is -0.494 e. The van der Waals surface area contributed by atoms with Gasteiger partial charge < -0.3 is 10.1 Å². The van der Waals surface area contributed by atoms with Crippen molar-refractivity contribution in [2.24, 2.45) is 0 Å². The predicted octanol–water partition coefficient (Wildman–Crippen LogP) is 7.64. The Balaban J connectivity index is 1.72. The highest BCUT2D eigenvalue weighted by molar-refractivity contribution is 6.37. The average Bonchev–Trinajstić information content (AvgIpc) is 2.80. The summed E-state index contributed by atoms with van der Waals surface area (Å²) in [5, 5.41) is 4.53. The van der Waals surface area contributed by atoms with Crippen molar-refractivity contribution in [3.63, 3.8) is 0 Å². The molecule has 1 heterocycles. The van der Waals surface area contributed by atoms with Gasteiger partial charge in [-0.05, 0) is 48.9 Å². The van der Waals surface area contributed by atoms with Crippen LogP contribution < -0.4 is 10.1 Å². The van der Waals surface area contributed by atoms with E-state index in [0.29, 0.717) is 33.6 Å². The van der Waals surface area contributed by atoms with Gasteiger partial charge in [0.15, 0.2) is 0 Å². The third-order valence-electron chi connectivity index (χ3n) is 5.04. The molecular formula is C26H22Cl2N2O2. The molecule has 0 fully saturated rings. The van der Waals surface area contributed by atoms with Crippen molar-refractivity contribution < 1.29 is 9.53 Å². The molecule has 0 saturated heterocycles. The van der Waals surface area contributed by atoms with Gasteiger partial charge >= 0.3 is 0 Å². The number of hydrogen-bond donors (Lipinski definition) is 1. The number of unbranched alkanes of at least 4 members (excludes halogenated alkanes) is 1. The molecule has 4 nitrogen and oxygen atoms in total. The highest BCUT2D eigenvalue weighted by Gasteiger charge is 2.16. The second kappa shape index (κ2) is 10.0. The summed E-state index contributed by atoms with van der Waals surface area (Å²) in [4.78, 5) is 18.0. The van der Waals surface area contributed by atoms with Gasteiger partial charge in [0, 0.05) is 16.0 Å². The number of carbonyl (C=O) groups excluding carboxylic acids is 1. The first-order chi connectivity index (χ1) is 15.5. The van der Waals surface area contributed by atoms with E-state index >= 15 is 0 Å². The summed E-state index contributed by atoms with van der Waals surface area (Å²) < 4.78 is 5.84. The van der Waals surface area contributed by atoms with Crippen molar-refractivity contribution in [2.45, 2.75) is 19.8 Å². The van der Waals surface area contributed by atoms with Crippen LogP contribution in [0.4, 0.5) is 5.69 Å². The van der Waals surface area contributed by atoms with Crippen LogP contribution in [-0.4, -0.2) is 17.5 Å². The first-order valence-corrected chi connectivity index (χ1v) is 11.2. The zero-order chi connectivity index (χ0) is 22.5. The molecule has 0 radical (unpaired) electrons. The molecule has 1 N–H and O–H groups in total. The number of amides is 1. The van der Waals surface area contributed by atoms with Gasteiger partial charge in [-0.2, -0.15) is 0 Å². The van der Waals surface area contributed by atoms with Gasteiger partial charge in [-0.25, -0.2) is 4.98 Å². The summed E-state index contributed by atoms with van der Waals surface area (Å²) in [6.07, 6.45) is 2.07. The van der Waals surface area contributed by atoms with Crippen molar-refractivity contribution in [1.29, 1.82) is 0 Å². The second-order valence-electron chi connectivity index (χ2n) is 7.38. The van der Waals surface area contributed by atoms with Crippen molar-refractivity contribution in [3.8, 4) is 17.0 Å². The van der Waals surface area contributed by atoms with Crippen LogP contribution in [0.25, 0.3) is 22.2 Å². The third kappa shape index (κ3) is 5.04. The molecule has 0 bridgehead atoms. The van der Waals surface area contributed by atoms with Gasteiger partial charge in [0.25, 0.3) is 5.91 Å². The number of carbonyl (C=O) groups is 1. The maximum Gasteiger partial charge on any atom is 0.256 e. The Bertz CT molecular complexity index is 1270. The third-order valence-corrected chi connectivity index (χ3v) is 5.58. The molecule has 4 rings (SSSR count). The lowest BCUT2D eigenvalue weighted by Crippen LogP contribution is -2.13. The monoisotopic (exact) mass is 464 g/mol. The maximum absolute atomic E-state index is 13.2. The van der Waals surface area contributed by atoms with Crippen molar-refractivity contribution >= 4 is 45.7 Å². The van der Waals surface area contributed by atoms with Crippen LogP contribution in [0.1, 0.15) is 30.1 Å². The number of aromatic nitrogens is 1. The van der Waals surface area contributed by atoms with Gasteiger partial charge in [0.2, 0.25) is 0 Å². The van der Waals surface area contributed by atoms with E-state index in [1.54, 1.807) is 24.3 Å². The van der Waals surface area contributed by atoms with E-state index in [1.807, 2.05) is 48.5 Å². The van der Waals surface area contributed by atoms with Crippen molar-refractivity contribution in [3.05, 3.63) is 88.4 Å². The molecule has 0 aliphatic heterocycles. The minimum atomic E-state index is -0.274. The van der Waals surface area contributed by atoms with Crippen LogP contribution in [0.3, 0.4) is 0 Å². The molecule has 0 aliphatic rings. The molecule has 162 valence electrons. The fraction of sp³-hybridized carbons (Fsp3) is 0.154. The van der Waals surface area contributed by atoms with Crippen LogP contribution in [0.15, 0.2) is 72.8 Å². The van der Waals surface area contributed by atoms with Crippen LogP contribution in [-0.2, 0) is 0 Å². The van der Waals surface area contributed by atoms with E-state index in [-0.39, 0.29) is 5.91 Å². The summed E-state index contributed by atoms with van der Waals surface area (Å²) in [6, 6.07) is 22.1. The number of anilines is 1. The summed E-state index contributed by atoms with van der Waals surface area (Å²) in [5.74, 6) is 0.509. The zero-order valence-electron chi connectivity index (χ0n) is 17.6. The number of benzene rings is 3. The highest BCUT2D eigenvalue weighted by Crippen LogP contribution is 2.30. The zero-order valence-corrected chi connectivity index (χ0v) is 19.1. The van der Waals surface area contributed by atoms with Crippen LogP contribution in [0.5, 0.6) is 5.75 Å². The molecular weight excluding hydrogens is 443 g/mol. The average molecular weight is 465 g/mol. The van der Waals surface area contributed by atoms with E-state index in [9.17, 15) is 4.79 Å². The number of hydrogen-bond acceptors (Lipinski definition) is 3. The van der Waals surface area contributed by atoms with Gasteiger partial charge in [0.1, 0.15) is 5.75 Å². The van der Waals surface area contributed by atoms with Crippen molar-refractivity contribution in [2.75, 3.05) is 11.9 Å². The molecule has 4 aromatic rings. The lowest BCUT2D eigenvalue weighted by molar-refractivity contribution is 0.102. The van der Waals surface area contributed by atoms with Crippen LogP contribution in [0.2, 0.25) is 10.0 Å². The second-order valence-corrected chi connectivity index (χ2v) is 8.22. The summed E-state index contributed by atoms with van der Waals surface area (Å²) >= 11 is 12.2. The molecule has 1 aromatic heterocycles. The summed E-state index contributed by atoms with van der Waals surface area (Å²) in [6.45, 7) is 2.79. The molecule has 0 saturated carbocycles. The SMILES string of the molecule is CCCCOc1cccc(-c2cc(C(=O)Nc3ccc(Cl)cc3Cl)c3ccccc3n2)c1. The van der Waals surface area contributed by atoms with Gasteiger partial charge in [-0.3, -0.25) is 4.79 Å². The molecule has 3 aromatic carbocycles. The number of pyridine rings is 1. The Labute approximate surface area is 197 Å². The van der Waals surface area contributed by atoms with E-state index in [4.69, 9.17) is 32.9 Å². The highest BCUT2D eigenvalue weighted by atomic mass is 35.5. The number of halogens is 2. The number of ether oxygens (including phenoxy) is 1. The Morgan fingerprint density at radius 2 is 1.84 bits per heavy atom. The number of nitrogens with one attached hydrogen (secondary N) is 1. The number of para-hydroxylation sites is 1. The normalized spacial score (nSPS) is 10.8. The number of fused-ring (bicyclic) bond motifs is 1. The lowest BCUT2D eigenvalue weighted by Gasteiger charge is -2.12. The molecule has 32 heavy (non-hydrogen) atoms. The maximum atomic E-state index is 13.2. The largest absolute Gasteiger partial charge is 0.494 e. The van der Waals surface area contributed by atoms with E-state index in [1.165, 1.54) is 0 Å². The Kier molecular flexibility index (Phi) is 6.93. The summed E-state index contributed by atoms with van der Waals surface area (Å²) in [5.41, 5.74) is 3.30. The molecule has 1 amide bonds. The van der Waals surface area contributed by atoms with E-state index < -0.39 is 0 Å². The molecule has 0 spiro atoms. The van der Waals surface area contributed by atoms with Crippen LogP contribution in [0, 0.1) is 0 Å². The predicted molar refractivity (Wildman–Crippen MR) is 132 cm³/mol. The quantitative estimate of drug-likeness (QED) is 0.285. The summed E-state index contributed by atoms with van der Waals surface area (Å²) in [7, 11) is 0. The van der Waals surface area contributed by atoms with Gasteiger partial charge in [0.05, 0.1) is 34.1 Å². The molecule has 0 aliphatic carbocycles. The Morgan fingerprint density at radius 1 is 1.00 bits per heavy atom. The molecule has 0 unspecified atom stereocenters. The van der Waals surface area contributed by atoms with Gasteiger partial charge in [-0.15, -0.1) is 0 Å². The van der Waals surface area contributed by atoms with E-state index in [2.05, 4.69) is 12.2 Å². The number of rotatable bonds is 7. The standard InChI is InChI=1S/C26H22Cl2N2O2/c1-2-3-13-32-19-8-6-7-17(14-19)25-16-21(20-9-4-5-10-23(20)29-25)26(31)30-24-12-11-18(27)15-22(24)28/h4-12,14-16H,2-3,13H2,1H3,(H,30,31). The first-order valence-electron chi connectivity index (χ1n) is 10.4. The number of nitrogens with zero attached hydrogens (tertiary/aromatic N) is 1. The van der Waals surface area contributed by atoms with E-state index in [0.717, 1.165) is 35.1 Å². The molecule has 6 heteroatoms. The molecule has 0 atom stereocenters. The first kappa shape index (κ1) is 22.1. The fourth-order valence-corrected chi connectivity index (χ4v) is 3.83. The topological polar surface area (TPSA) is 51.2 Å². The minimum absolute atomic E-state index is 0.274. The Hall–Kier alpha value is -3.08.